The van der Waals surface area contributed by atoms with Crippen molar-refractivity contribution in [2.24, 2.45) is 58.2 Å². The Morgan fingerprint density at radius 1 is 0.917 bits per heavy atom. The van der Waals surface area contributed by atoms with Crippen LogP contribution in [0.5, 0.6) is 0 Å². The van der Waals surface area contributed by atoms with Crippen LogP contribution in [0.25, 0.3) is 0 Å². The van der Waals surface area contributed by atoms with E-state index in [0.29, 0.717) is 22.5 Å². The summed E-state index contributed by atoms with van der Waals surface area (Å²) in [6.07, 6.45) is 15.1. The highest BCUT2D eigenvalue weighted by Gasteiger charge is 2.61. The van der Waals surface area contributed by atoms with E-state index < -0.39 is 0 Å². The average molecular weight is 495 g/mol. The van der Waals surface area contributed by atoms with E-state index in [9.17, 15) is 9.18 Å². The summed E-state index contributed by atoms with van der Waals surface area (Å²) in [5, 5.41) is 0. The molecule has 0 radical (unpaired) electrons. The van der Waals surface area contributed by atoms with Crippen molar-refractivity contribution in [3.05, 3.63) is 35.6 Å². The van der Waals surface area contributed by atoms with Crippen molar-refractivity contribution in [2.45, 2.75) is 112 Å². The highest BCUT2D eigenvalue weighted by Crippen LogP contribution is 2.68. The number of ketones is 1. The quantitative estimate of drug-likeness (QED) is 0.369. The number of halogens is 1. The van der Waals surface area contributed by atoms with Crippen molar-refractivity contribution in [1.82, 2.24) is 0 Å². The Hall–Kier alpha value is -1.18. The van der Waals surface area contributed by atoms with Gasteiger partial charge in [0.15, 0.2) is 0 Å². The second-order valence-electron chi connectivity index (χ2n) is 14.6. The van der Waals surface area contributed by atoms with Gasteiger partial charge in [0.05, 0.1) is 0 Å². The Morgan fingerprint density at radius 2 is 1.64 bits per heavy atom. The molecule has 0 spiro atoms. The first-order chi connectivity index (χ1) is 17.1. The number of rotatable bonds is 7. The van der Waals surface area contributed by atoms with E-state index in [2.05, 4.69) is 34.6 Å². The zero-order chi connectivity index (χ0) is 25.7. The number of benzene rings is 1. The number of hydrogen-bond donors (Lipinski definition) is 0. The molecule has 0 aromatic heterocycles. The maximum absolute atomic E-state index is 13.5. The zero-order valence-corrected chi connectivity index (χ0v) is 23.7. The Kier molecular flexibility index (Phi) is 7.47. The van der Waals surface area contributed by atoms with Crippen molar-refractivity contribution < 1.29 is 9.18 Å². The molecule has 0 aliphatic heterocycles. The lowest BCUT2D eigenvalue weighted by Gasteiger charge is -2.61. The Balaban J connectivity index is 1.30. The molecule has 0 unspecified atom stereocenters. The molecule has 4 fully saturated rings. The predicted octanol–water partition coefficient (Wildman–Crippen LogP) is 9.28. The van der Waals surface area contributed by atoms with Gasteiger partial charge in [-0.25, -0.2) is 4.39 Å². The van der Waals surface area contributed by atoms with E-state index >= 15 is 0 Å². The van der Waals surface area contributed by atoms with E-state index in [-0.39, 0.29) is 11.7 Å². The summed E-state index contributed by atoms with van der Waals surface area (Å²) in [6, 6.07) is 6.86. The third-order valence-corrected chi connectivity index (χ3v) is 12.3. The molecule has 0 bridgehead atoms. The summed E-state index contributed by atoms with van der Waals surface area (Å²) in [4.78, 5) is 13.2. The molecule has 0 heterocycles. The van der Waals surface area contributed by atoms with E-state index in [4.69, 9.17) is 0 Å². The molecule has 5 rings (SSSR count). The molecule has 4 aliphatic rings. The van der Waals surface area contributed by atoms with Crippen molar-refractivity contribution in [2.75, 3.05) is 0 Å². The number of carbonyl (C=O) groups is 1. The fraction of sp³-hybridized carbons (Fsp3) is 0.794. The zero-order valence-electron chi connectivity index (χ0n) is 23.7. The van der Waals surface area contributed by atoms with Gasteiger partial charge in [0, 0.05) is 12.3 Å². The van der Waals surface area contributed by atoms with E-state index in [0.717, 1.165) is 60.3 Å². The lowest BCUT2D eigenvalue weighted by Crippen LogP contribution is -2.55. The molecule has 0 N–H and O–H groups in total. The number of hydrogen-bond acceptors (Lipinski definition) is 1. The first-order valence-electron chi connectivity index (χ1n) is 15.4. The van der Waals surface area contributed by atoms with Crippen LogP contribution < -0.4 is 0 Å². The molecule has 9 atom stereocenters. The molecule has 4 saturated carbocycles. The molecule has 1 aromatic rings. The topological polar surface area (TPSA) is 17.1 Å². The highest BCUT2D eigenvalue weighted by atomic mass is 19.1. The van der Waals surface area contributed by atoms with Crippen LogP contribution in [-0.4, -0.2) is 5.78 Å². The molecular weight excluding hydrogens is 443 g/mol. The van der Waals surface area contributed by atoms with Crippen molar-refractivity contribution in [3.8, 4) is 0 Å². The minimum atomic E-state index is -0.190. The average Bonchev–Trinajstić information content (AvgIpc) is 3.18. The van der Waals surface area contributed by atoms with E-state index in [1.807, 2.05) is 12.1 Å². The number of fused-ring (bicyclic) bond motifs is 5. The lowest BCUT2D eigenvalue weighted by molar-refractivity contribution is -0.148. The normalized spacial score (nSPS) is 41.0. The van der Waals surface area contributed by atoms with E-state index in [1.165, 1.54) is 57.8 Å². The van der Waals surface area contributed by atoms with Gasteiger partial charge < -0.3 is 0 Å². The Bertz CT molecular complexity index is 920. The maximum atomic E-state index is 13.5. The Morgan fingerprint density at radius 3 is 2.36 bits per heavy atom. The summed E-state index contributed by atoms with van der Waals surface area (Å²) < 4.78 is 13.5. The fourth-order valence-electron chi connectivity index (χ4n) is 10.4. The van der Waals surface area contributed by atoms with E-state index in [1.54, 1.807) is 12.1 Å². The van der Waals surface area contributed by atoms with Crippen LogP contribution in [0, 0.1) is 64.0 Å². The molecule has 4 aliphatic carbocycles. The number of Topliss-reactive ketones (excluding diaryl/α,β-unsaturated/α-hetero) is 1. The van der Waals surface area contributed by atoms with Crippen LogP contribution in [0.2, 0.25) is 0 Å². The van der Waals surface area contributed by atoms with Gasteiger partial charge in [0.25, 0.3) is 0 Å². The van der Waals surface area contributed by atoms with Crippen molar-refractivity contribution in [1.29, 1.82) is 0 Å². The molecule has 36 heavy (non-hydrogen) atoms. The van der Waals surface area contributed by atoms with Gasteiger partial charge in [0.2, 0.25) is 0 Å². The number of carbonyl (C=O) groups excluding carboxylic acids is 1. The first kappa shape index (κ1) is 26.4. The first-order valence-corrected chi connectivity index (χ1v) is 15.4. The van der Waals surface area contributed by atoms with Crippen LogP contribution in [0.1, 0.15) is 111 Å². The van der Waals surface area contributed by atoms with Crippen LogP contribution in [-0.2, 0) is 11.2 Å². The molecule has 1 aromatic carbocycles. The predicted molar refractivity (Wildman–Crippen MR) is 147 cm³/mol. The SMILES string of the molecule is CC(C)CCC[C@@H](C)[C@H]1CC[C@H]2[C@@H]3CC[C@H]4CC(=O)[C@H](Cc5ccc(F)cc5)C[C@]4(C)[C@H]3CC[C@]12C. The molecule has 1 nitrogen and oxygen atoms in total. The Labute approximate surface area is 220 Å². The maximum Gasteiger partial charge on any atom is 0.136 e. The smallest absolute Gasteiger partial charge is 0.136 e. The second-order valence-corrected chi connectivity index (χ2v) is 14.6. The van der Waals surface area contributed by atoms with Gasteiger partial charge in [-0.05, 0) is 121 Å². The fourth-order valence-corrected chi connectivity index (χ4v) is 10.4. The van der Waals surface area contributed by atoms with Crippen LogP contribution in [0.3, 0.4) is 0 Å². The molecule has 200 valence electrons. The van der Waals surface area contributed by atoms with Crippen LogP contribution in [0.4, 0.5) is 4.39 Å². The van der Waals surface area contributed by atoms with Gasteiger partial charge in [-0.3, -0.25) is 4.79 Å². The lowest BCUT2D eigenvalue weighted by atomic mass is 9.43. The molecule has 2 heteroatoms. The molecule has 0 saturated heterocycles. The third kappa shape index (κ3) is 4.73. The minimum Gasteiger partial charge on any atom is -0.299 e. The molecular formula is C34H51FO. The highest BCUT2D eigenvalue weighted by molar-refractivity contribution is 5.82. The van der Waals surface area contributed by atoms with Gasteiger partial charge in [-0.2, -0.15) is 0 Å². The standard InChI is InChI=1S/C34H51FO/c1-22(2)7-6-8-23(3)29-15-16-30-28-14-11-26-20-32(36)25(19-24-9-12-27(35)13-10-24)21-34(26,5)31(28)17-18-33(29,30)4/h9-10,12-13,22-23,25-26,28-31H,6-8,11,14-21H2,1-5H3/t23-,25-,26+,28+,29-,30+,31+,33-,34+/m1/s1. The van der Waals surface area contributed by atoms with Crippen molar-refractivity contribution >= 4 is 5.78 Å². The summed E-state index contributed by atoms with van der Waals surface area (Å²) in [5.74, 6) is 6.08. The summed E-state index contributed by atoms with van der Waals surface area (Å²) in [5.41, 5.74) is 1.94. The second kappa shape index (κ2) is 10.2. The summed E-state index contributed by atoms with van der Waals surface area (Å²) in [7, 11) is 0. The largest absolute Gasteiger partial charge is 0.299 e. The summed E-state index contributed by atoms with van der Waals surface area (Å²) in [6.45, 7) is 12.5. The third-order valence-electron chi connectivity index (χ3n) is 12.3. The van der Waals surface area contributed by atoms with Crippen LogP contribution >= 0.6 is 0 Å². The van der Waals surface area contributed by atoms with Gasteiger partial charge >= 0.3 is 0 Å². The van der Waals surface area contributed by atoms with Gasteiger partial charge in [0.1, 0.15) is 11.6 Å². The molecule has 0 amide bonds. The van der Waals surface area contributed by atoms with Crippen LogP contribution in [0.15, 0.2) is 24.3 Å². The van der Waals surface area contributed by atoms with Gasteiger partial charge in [-0.1, -0.05) is 66.0 Å². The van der Waals surface area contributed by atoms with Crippen molar-refractivity contribution in [3.63, 3.8) is 0 Å². The van der Waals surface area contributed by atoms with Gasteiger partial charge in [-0.15, -0.1) is 0 Å². The monoisotopic (exact) mass is 494 g/mol. The summed E-state index contributed by atoms with van der Waals surface area (Å²) >= 11 is 0. The minimum absolute atomic E-state index is 0.112.